The van der Waals surface area contributed by atoms with Crippen LogP contribution in [0.4, 0.5) is 5.69 Å². The number of anilines is 1. The molecule has 3 aromatic rings. The van der Waals surface area contributed by atoms with Crippen LogP contribution in [-0.4, -0.2) is 23.1 Å². The first-order chi connectivity index (χ1) is 13.0. The van der Waals surface area contributed by atoms with E-state index in [0.29, 0.717) is 11.3 Å². The number of rotatable bonds is 5. The van der Waals surface area contributed by atoms with Gasteiger partial charge in [0.2, 0.25) is 11.8 Å². The van der Waals surface area contributed by atoms with E-state index in [1.54, 1.807) is 24.3 Å². The Bertz CT molecular complexity index is 1010. The minimum absolute atomic E-state index is 0.0591. The number of carbonyl (C=O) groups excluding carboxylic acids is 2. The van der Waals surface area contributed by atoms with Crippen molar-refractivity contribution in [3.8, 4) is 5.75 Å². The summed E-state index contributed by atoms with van der Waals surface area (Å²) < 4.78 is 0. The third kappa shape index (κ3) is 4.70. The first kappa shape index (κ1) is 18.1. The van der Waals surface area contributed by atoms with E-state index >= 15 is 0 Å². The molecule has 0 saturated carbocycles. The quantitative estimate of drug-likeness (QED) is 0.370. The maximum absolute atomic E-state index is 11.9. The molecule has 0 aliphatic carbocycles. The molecule has 0 aliphatic rings. The number of carbonyl (C=O) groups is 2. The van der Waals surface area contributed by atoms with E-state index in [4.69, 9.17) is 0 Å². The van der Waals surface area contributed by atoms with Gasteiger partial charge in [-0.05, 0) is 35.9 Å². The van der Waals surface area contributed by atoms with E-state index < -0.39 is 11.8 Å². The zero-order valence-corrected chi connectivity index (χ0v) is 14.8. The van der Waals surface area contributed by atoms with Gasteiger partial charge in [0.15, 0.2) is 0 Å². The van der Waals surface area contributed by atoms with Crippen LogP contribution in [0.1, 0.15) is 17.5 Å². The van der Waals surface area contributed by atoms with Crippen LogP contribution >= 0.6 is 0 Å². The minimum Gasteiger partial charge on any atom is -0.507 e. The lowest BCUT2D eigenvalue weighted by molar-refractivity contribution is -0.126. The van der Waals surface area contributed by atoms with Crippen molar-refractivity contribution >= 4 is 34.5 Å². The second-order valence-electron chi connectivity index (χ2n) is 6.10. The summed E-state index contributed by atoms with van der Waals surface area (Å²) in [7, 11) is 0. The van der Waals surface area contributed by atoms with Crippen molar-refractivity contribution in [2.45, 2.75) is 13.3 Å². The molecule has 136 valence electrons. The number of nitrogens with one attached hydrogen (secondary N) is 2. The van der Waals surface area contributed by atoms with Crippen molar-refractivity contribution in [1.82, 2.24) is 5.43 Å². The molecule has 0 aromatic heterocycles. The highest BCUT2D eigenvalue weighted by molar-refractivity contribution is 6.05. The lowest BCUT2D eigenvalue weighted by Gasteiger charge is -2.06. The van der Waals surface area contributed by atoms with E-state index in [-0.39, 0.29) is 12.2 Å². The number of nitrogens with zero attached hydrogens (tertiary/aromatic N) is 1. The Labute approximate surface area is 156 Å². The van der Waals surface area contributed by atoms with Gasteiger partial charge in [-0.15, -0.1) is 0 Å². The van der Waals surface area contributed by atoms with Gasteiger partial charge in [-0.2, -0.15) is 5.10 Å². The molecule has 0 fully saturated rings. The molecule has 3 N–H and O–H groups in total. The zero-order chi connectivity index (χ0) is 19.2. The van der Waals surface area contributed by atoms with Gasteiger partial charge in [-0.1, -0.05) is 48.0 Å². The van der Waals surface area contributed by atoms with Gasteiger partial charge in [0, 0.05) is 11.3 Å². The summed E-state index contributed by atoms with van der Waals surface area (Å²) in [6.07, 6.45) is 1.01. The predicted octanol–water partition coefficient (Wildman–Crippen LogP) is 3.33. The van der Waals surface area contributed by atoms with Gasteiger partial charge in [0.05, 0.1) is 6.21 Å². The monoisotopic (exact) mass is 361 g/mol. The molecule has 2 amide bonds. The van der Waals surface area contributed by atoms with Crippen LogP contribution in [0, 0.1) is 6.92 Å². The molecule has 0 bridgehead atoms. The lowest BCUT2D eigenvalue weighted by atomic mass is 10.0. The van der Waals surface area contributed by atoms with Crippen LogP contribution in [0.25, 0.3) is 10.8 Å². The van der Waals surface area contributed by atoms with Crippen LogP contribution < -0.4 is 10.7 Å². The average Bonchev–Trinajstić information content (AvgIpc) is 2.65. The molecule has 0 unspecified atom stereocenters. The van der Waals surface area contributed by atoms with Gasteiger partial charge in [-0.25, -0.2) is 5.43 Å². The first-order valence-corrected chi connectivity index (χ1v) is 8.42. The largest absolute Gasteiger partial charge is 0.507 e. The van der Waals surface area contributed by atoms with Crippen LogP contribution in [0.5, 0.6) is 5.75 Å². The lowest BCUT2D eigenvalue weighted by Crippen LogP contribution is -2.24. The number of phenolic OH excluding ortho intramolecular Hbond substituents is 1. The highest BCUT2D eigenvalue weighted by atomic mass is 16.3. The molecule has 0 spiro atoms. The van der Waals surface area contributed by atoms with E-state index in [1.807, 2.05) is 43.3 Å². The van der Waals surface area contributed by atoms with Crippen LogP contribution in [-0.2, 0) is 9.59 Å². The molecule has 3 rings (SSSR count). The van der Waals surface area contributed by atoms with Gasteiger partial charge in [0.25, 0.3) is 0 Å². The Hall–Kier alpha value is -3.67. The smallest absolute Gasteiger partial charge is 0.249 e. The Kier molecular flexibility index (Phi) is 5.47. The Morgan fingerprint density at radius 2 is 1.74 bits per heavy atom. The van der Waals surface area contributed by atoms with Crippen LogP contribution in [0.2, 0.25) is 0 Å². The van der Waals surface area contributed by atoms with Crippen molar-refractivity contribution < 1.29 is 14.7 Å². The summed E-state index contributed by atoms with van der Waals surface area (Å²) in [5.74, 6) is -0.918. The van der Waals surface area contributed by atoms with Gasteiger partial charge < -0.3 is 10.4 Å². The molecule has 0 atom stereocenters. The Morgan fingerprint density at radius 1 is 1.00 bits per heavy atom. The first-order valence-electron chi connectivity index (χ1n) is 8.42. The fourth-order valence-corrected chi connectivity index (χ4v) is 2.62. The van der Waals surface area contributed by atoms with E-state index in [2.05, 4.69) is 15.8 Å². The number of aromatic hydroxyl groups is 1. The molecule has 27 heavy (non-hydrogen) atoms. The van der Waals surface area contributed by atoms with Gasteiger partial charge in [0.1, 0.15) is 12.2 Å². The standard InChI is InChI=1S/C21H19N3O3/c1-14-6-9-16(10-7-14)23-20(26)12-21(27)24-22-13-18-17-5-3-2-4-15(17)8-11-19(18)25/h2-11,13,25H,12H2,1H3,(H,23,26)(H,24,27). The molecular weight excluding hydrogens is 342 g/mol. The summed E-state index contributed by atoms with van der Waals surface area (Å²) in [4.78, 5) is 23.8. The Balaban J connectivity index is 1.60. The van der Waals surface area contributed by atoms with E-state index in [0.717, 1.165) is 16.3 Å². The maximum Gasteiger partial charge on any atom is 0.249 e. The molecule has 0 radical (unpaired) electrons. The number of hydrazone groups is 1. The van der Waals surface area contributed by atoms with Crippen molar-refractivity contribution in [2.75, 3.05) is 5.32 Å². The molecule has 6 heteroatoms. The van der Waals surface area contributed by atoms with E-state index in [9.17, 15) is 14.7 Å². The highest BCUT2D eigenvalue weighted by Crippen LogP contribution is 2.25. The predicted molar refractivity (Wildman–Crippen MR) is 106 cm³/mol. The third-order valence-corrected chi connectivity index (χ3v) is 3.99. The highest BCUT2D eigenvalue weighted by Gasteiger charge is 2.09. The summed E-state index contributed by atoms with van der Waals surface area (Å²) in [6.45, 7) is 1.95. The number of hydrogen-bond acceptors (Lipinski definition) is 4. The number of fused-ring (bicyclic) bond motifs is 1. The number of hydrogen-bond donors (Lipinski definition) is 3. The SMILES string of the molecule is Cc1ccc(NC(=O)CC(=O)NN=Cc2c(O)ccc3ccccc23)cc1. The van der Waals surface area contributed by atoms with Crippen molar-refractivity contribution in [2.24, 2.45) is 5.10 Å². The summed E-state index contributed by atoms with van der Waals surface area (Å²) in [6, 6.07) is 18.2. The van der Waals surface area contributed by atoms with Crippen LogP contribution in [0.3, 0.4) is 0 Å². The molecular formula is C21H19N3O3. The topological polar surface area (TPSA) is 90.8 Å². The molecule has 0 aliphatic heterocycles. The van der Waals surface area contributed by atoms with Crippen molar-refractivity contribution in [1.29, 1.82) is 0 Å². The normalized spacial score (nSPS) is 10.9. The number of amides is 2. The summed E-state index contributed by atoms with van der Waals surface area (Å²) in [5, 5.41) is 18.3. The van der Waals surface area contributed by atoms with Crippen molar-refractivity contribution in [3.05, 3.63) is 71.8 Å². The average molecular weight is 361 g/mol. The Morgan fingerprint density at radius 3 is 2.52 bits per heavy atom. The van der Waals surface area contributed by atoms with E-state index in [1.165, 1.54) is 6.21 Å². The molecule has 0 saturated heterocycles. The maximum atomic E-state index is 11.9. The second-order valence-corrected chi connectivity index (χ2v) is 6.10. The number of benzene rings is 3. The second kappa shape index (κ2) is 8.14. The number of phenols is 1. The van der Waals surface area contributed by atoms with Crippen molar-refractivity contribution in [3.63, 3.8) is 0 Å². The number of aryl methyl sites for hydroxylation is 1. The fraction of sp³-hybridized carbons (Fsp3) is 0.0952. The minimum atomic E-state index is -0.546. The summed E-state index contributed by atoms with van der Waals surface area (Å²) in [5.41, 5.74) is 4.51. The zero-order valence-electron chi connectivity index (χ0n) is 14.8. The molecule has 6 nitrogen and oxygen atoms in total. The third-order valence-electron chi connectivity index (χ3n) is 3.99. The molecule has 3 aromatic carbocycles. The molecule has 0 heterocycles. The van der Waals surface area contributed by atoms with Gasteiger partial charge >= 0.3 is 0 Å². The van der Waals surface area contributed by atoms with Crippen LogP contribution in [0.15, 0.2) is 65.8 Å². The summed E-state index contributed by atoms with van der Waals surface area (Å²) >= 11 is 0. The fourth-order valence-electron chi connectivity index (χ4n) is 2.62. The van der Waals surface area contributed by atoms with Gasteiger partial charge in [-0.3, -0.25) is 9.59 Å².